The van der Waals surface area contributed by atoms with Gasteiger partial charge in [-0.25, -0.2) is 4.39 Å². The third-order valence-electron chi connectivity index (χ3n) is 6.70. The number of aliphatic carboxylic acids is 1. The number of likely N-dealkylation sites (tertiary alicyclic amines) is 1. The van der Waals surface area contributed by atoms with Crippen molar-refractivity contribution in [2.45, 2.75) is 36.8 Å². The Kier molecular flexibility index (Phi) is 8.34. The molecule has 0 spiro atoms. The van der Waals surface area contributed by atoms with E-state index in [0.29, 0.717) is 48.1 Å². The Hall–Kier alpha value is -1.87. The van der Waals surface area contributed by atoms with Gasteiger partial charge in [0.1, 0.15) is 11.9 Å². The number of carbonyl (C=O) groups is 1. The summed E-state index contributed by atoms with van der Waals surface area (Å²) in [6, 6.07) is 7.39. The molecule has 5 nitrogen and oxygen atoms in total. The molecule has 9 heteroatoms. The lowest BCUT2D eigenvalue weighted by molar-refractivity contribution is -0.153. The van der Waals surface area contributed by atoms with Crippen LogP contribution in [0.2, 0.25) is 5.02 Å². The number of halogens is 2. The molecule has 0 amide bonds. The van der Waals surface area contributed by atoms with Crippen molar-refractivity contribution < 1.29 is 19.0 Å². The summed E-state index contributed by atoms with van der Waals surface area (Å²) in [6.07, 6.45) is 1.48. The number of benzene rings is 1. The van der Waals surface area contributed by atoms with Crippen LogP contribution in [0.1, 0.15) is 37.4 Å². The second-order valence-corrected chi connectivity index (χ2v) is 11.0. The van der Waals surface area contributed by atoms with Gasteiger partial charge in [0.05, 0.1) is 23.1 Å². The normalized spacial score (nSPS) is 17.0. The molecule has 1 N–H and O–H groups in total. The second kappa shape index (κ2) is 11.2. The monoisotopic (exact) mass is 522 g/mol. The van der Waals surface area contributed by atoms with Gasteiger partial charge in [-0.05, 0) is 68.4 Å². The topological polar surface area (TPSA) is 62.7 Å². The third-order valence-corrected chi connectivity index (χ3v) is 8.80. The Balaban J connectivity index is 1.39. The van der Waals surface area contributed by atoms with Gasteiger partial charge in [0.25, 0.3) is 0 Å². The number of fused-ring (bicyclic) bond motifs is 1. The van der Waals surface area contributed by atoms with Gasteiger partial charge in [0.15, 0.2) is 0 Å². The minimum absolute atomic E-state index is 0.0936. The summed E-state index contributed by atoms with van der Waals surface area (Å²) in [4.78, 5) is 20.1. The maximum absolute atomic E-state index is 15.6. The number of thiophene rings is 1. The van der Waals surface area contributed by atoms with Gasteiger partial charge >= 0.3 is 5.97 Å². The fourth-order valence-electron chi connectivity index (χ4n) is 4.56. The van der Waals surface area contributed by atoms with Crippen LogP contribution in [-0.4, -0.2) is 53.5 Å². The third kappa shape index (κ3) is 5.67. The van der Waals surface area contributed by atoms with Gasteiger partial charge in [-0.3, -0.25) is 9.78 Å². The SMILES string of the molecule is COc1ccc2ncc(Cl)c([C@@H](F)CCC3(C(=O)O)CCN(CCSc4ccsc4)CC3)c2c1. The number of carboxylic acid groups (broad SMARTS) is 1. The number of methoxy groups -OCH3 is 1. The molecule has 182 valence electrons. The van der Waals surface area contributed by atoms with E-state index >= 15 is 4.39 Å². The molecule has 1 aliphatic heterocycles. The quantitative estimate of drug-likeness (QED) is 0.299. The number of hydrogen-bond donors (Lipinski definition) is 1. The van der Waals surface area contributed by atoms with Crippen LogP contribution in [0, 0.1) is 5.41 Å². The number of nitrogens with zero attached hydrogens (tertiary/aromatic N) is 2. The first-order valence-electron chi connectivity index (χ1n) is 11.3. The Morgan fingerprint density at radius 2 is 2.18 bits per heavy atom. The van der Waals surface area contributed by atoms with Gasteiger partial charge in [-0.1, -0.05) is 11.6 Å². The van der Waals surface area contributed by atoms with Crippen molar-refractivity contribution in [3.63, 3.8) is 0 Å². The first-order chi connectivity index (χ1) is 16.4. The standard InChI is InChI=1S/C25H28ClFN2O3S2/c1-32-17-2-3-22-19(14-17)23(20(26)15-28-22)21(27)4-6-25(24(30)31)7-9-29(10-8-25)11-13-34-18-5-12-33-16-18/h2-3,5,12,14-16,21H,4,6-11,13H2,1H3,(H,30,31)/t21-/m0/s1. The molecular weight excluding hydrogens is 495 g/mol. The van der Waals surface area contributed by atoms with Crippen molar-refractivity contribution in [2.75, 3.05) is 32.5 Å². The fourth-order valence-corrected chi connectivity index (χ4v) is 6.62. The highest BCUT2D eigenvalue weighted by Gasteiger charge is 2.41. The zero-order valence-corrected chi connectivity index (χ0v) is 21.4. The number of thioether (sulfide) groups is 1. The summed E-state index contributed by atoms with van der Waals surface area (Å²) >= 11 is 9.86. The molecule has 2 aromatic heterocycles. The molecule has 3 heterocycles. The largest absolute Gasteiger partial charge is 0.497 e. The predicted octanol–water partition coefficient (Wildman–Crippen LogP) is 6.71. The Morgan fingerprint density at radius 3 is 2.85 bits per heavy atom. The molecular formula is C25H28ClFN2O3S2. The highest BCUT2D eigenvalue weighted by Crippen LogP contribution is 2.42. The van der Waals surface area contributed by atoms with Crippen LogP contribution < -0.4 is 4.74 Å². The van der Waals surface area contributed by atoms with Gasteiger partial charge < -0.3 is 14.7 Å². The molecule has 0 bridgehead atoms. The maximum Gasteiger partial charge on any atom is 0.309 e. The molecule has 1 atom stereocenters. The minimum Gasteiger partial charge on any atom is -0.497 e. The van der Waals surface area contributed by atoms with E-state index < -0.39 is 17.6 Å². The highest BCUT2D eigenvalue weighted by atomic mass is 35.5. The van der Waals surface area contributed by atoms with Gasteiger partial charge in [-0.15, -0.1) is 11.8 Å². The van der Waals surface area contributed by atoms with Crippen molar-refractivity contribution >= 4 is 51.6 Å². The van der Waals surface area contributed by atoms with Crippen LogP contribution >= 0.6 is 34.7 Å². The van der Waals surface area contributed by atoms with Gasteiger partial charge in [0.2, 0.25) is 0 Å². The summed E-state index contributed by atoms with van der Waals surface area (Å²) in [6.45, 7) is 2.34. The van der Waals surface area contributed by atoms with Crippen molar-refractivity contribution in [1.29, 1.82) is 0 Å². The van der Waals surface area contributed by atoms with Crippen LogP contribution in [0.15, 0.2) is 46.1 Å². The second-order valence-electron chi connectivity index (χ2n) is 8.64. The first-order valence-corrected chi connectivity index (χ1v) is 13.6. The number of rotatable bonds is 10. The Bertz CT molecular complexity index is 1120. The van der Waals surface area contributed by atoms with Crippen molar-refractivity contribution in [3.05, 3.63) is 51.8 Å². The van der Waals surface area contributed by atoms with Crippen LogP contribution in [-0.2, 0) is 4.79 Å². The lowest BCUT2D eigenvalue weighted by Crippen LogP contribution is -2.45. The number of alkyl halides is 1. The molecule has 1 aromatic carbocycles. The van der Waals surface area contributed by atoms with Crippen molar-refractivity contribution in [2.24, 2.45) is 5.41 Å². The zero-order chi connectivity index (χ0) is 24.1. The smallest absolute Gasteiger partial charge is 0.309 e. The van der Waals surface area contributed by atoms with Gasteiger partial charge in [-0.2, -0.15) is 11.3 Å². The average molecular weight is 523 g/mol. The molecule has 0 unspecified atom stereocenters. The average Bonchev–Trinajstić information content (AvgIpc) is 3.36. The summed E-state index contributed by atoms with van der Waals surface area (Å²) in [5.74, 6) is 0.733. The maximum atomic E-state index is 15.6. The summed E-state index contributed by atoms with van der Waals surface area (Å²) in [7, 11) is 1.55. The van der Waals surface area contributed by atoms with Crippen LogP contribution in [0.4, 0.5) is 4.39 Å². The molecule has 0 aliphatic carbocycles. The Morgan fingerprint density at radius 1 is 1.38 bits per heavy atom. The highest BCUT2D eigenvalue weighted by molar-refractivity contribution is 7.99. The van der Waals surface area contributed by atoms with E-state index in [9.17, 15) is 9.90 Å². The molecule has 4 rings (SSSR count). The number of ether oxygens (including phenoxy) is 1. The van der Waals surface area contributed by atoms with Crippen LogP contribution in [0.3, 0.4) is 0 Å². The lowest BCUT2D eigenvalue weighted by Gasteiger charge is -2.39. The zero-order valence-electron chi connectivity index (χ0n) is 19.0. The van der Waals surface area contributed by atoms with E-state index in [1.54, 1.807) is 36.6 Å². The van der Waals surface area contributed by atoms with E-state index in [4.69, 9.17) is 16.3 Å². The fraction of sp³-hybridized carbons (Fsp3) is 0.440. The van der Waals surface area contributed by atoms with E-state index in [1.165, 1.54) is 11.1 Å². The van der Waals surface area contributed by atoms with Crippen LogP contribution in [0.25, 0.3) is 10.9 Å². The summed E-state index contributed by atoms with van der Waals surface area (Å²) in [5, 5.41) is 15.1. The summed E-state index contributed by atoms with van der Waals surface area (Å²) in [5.41, 5.74) is 0.0763. The lowest BCUT2D eigenvalue weighted by atomic mass is 9.74. The molecule has 0 saturated carbocycles. The molecule has 1 saturated heterocycles. The van der Waals surface area contributed by atoms with E-state index in [2.05, 4.69) is 26.7 Å². The van der Waals surface area contributed by atoms with Crippen molar-refractivity contribution in [1.82, 2.24) is 9.88 Å². The molecule has 34 heavy (non-hydrogen) atoms. The molecule has 1 aliphatic rings. The van der Waals surface area contributed by atoms with E-state index in [1.807, 2.05) is 11.8 Å². The molecule has 1 fully saturated rings. The van der Waals surface area contributed by atoms with Crippen LogP contribution in [0.5, 0.6) is 5.75 Å². The van der Waals surface area contributed by atoms with Gasteiger partial charge in [0, 0.05) is 39.7 Å². The molecule has 3 aromatic rings. The molecule has 0 radical (unpaired) electrons. The Labute approximate surface area is 212 Å². The summed E-state index contributed by atoms with van der Waals surface area (Å²) < 4.78 is 20.9. The number of piperidine rings is 1. The predicted molar refractivity (Wildman–Crippen MR) is 137 cm³/mol. The number of aromatic nitrogens is 1. The minimum atomic E-state index is -1.39. The number of pyridine rings is 1. The van der Waals surface area contributed by atoms with Crippen molar-refractivity contribution in [3.8, 4) is 5.75 Å². The number of hydrogen-bond acceptors (Lipinski definition) is 6. The van der Waals surface area contributed by atoms with E-state index in [0.717, 1.165) is 12.3 Å². The number of carboxylic acids is 1. The first kappa shape index (κ1) is 25.2. The van der Waals surface area contributed by atoms with E-state index in [-0.39, 0.29) is 17.9 Å².